The highest BCUT2D eigenvalue weighted by molar-refractivity contribution is 6.02. The first-order chi connectivity index (χ1) is 13.6. The van der Waals surface area contributed by atoms with E-state index in [-0.39, 0.29) is 30.1 Å². The van der Waals surface area contributed by atoms with Gasteiger partial charge in [0.15, 0.2) is 12.4 Å². The number of benzene rings is 1. The highest BCUT2D eigenvalue weighted by Gasteiger charge is 2.28. The monoisotopic (exact) mass is 380 g/mol. The molecule has 2 aromatic rings. The minimum atomic E-state index is -0.230. The molecule has 7 nitrogen and oxygen atoms in total. The van der Waals surface area contributed by atoms with Gasteiger partial charge in [0.05, 0.1) is 12.0 Å². The van der Waals surface area contributed by atoms with Crippen molar-refractivity contribution in [3.63, 3.8) is 0 Å². The number of anilines is 1. The van der Waals surface area contributed by atoms with Gasteiger partial charge in [0.1, 0.15) is 11.5 Å². The highest BCUT2D eigenvalue weighted by Crippen LogP contribution is 2.30. The minimum absolute atomic E-state index is 0.0127. The molecule has 0 radical (unpaired) electrons. The number of Topliss-reactive ketones (excluding diaryl/α,β-unsaturated/α-hetero) is 1. The van der Waals surface area contributed by atoms with Gasteiger partial charge in [-0.15, -0.1) is 0 Å². The van der Waals surface area contributed by atoms with E-state index in [1.54, 1.807) is 47.6 Å². The summed E-state index contributed by atoms with van der Waals surface area (Å²) in [6.45, 7) is 1.05. The first-order valence-corrected chi connectivity index (χ1v) is 9.21. The molecule has 0 atom stereocenters. The molecule has 1 N–H and O–H groups in total. The molecule has 4 rings (SSSR count). The number of ketones is 1. The van der Waals surface area contributed by atoms with Gasteiger partial charge >= 0.3 is 0 Å². The van der Waals surface area contributed by atoms with Crippen LogP contribution in [0.3, 0.4) is 0 Å². The maximum absolute atomic E-state index is 12.8. The van der Waals surface area contributed by atoms with E-state index in [1.807, 2.05) is 0 Å². The Morgan fingerprint density at radius 1 is 1.18 bits per heavy atom. The van der Waals surface area contributed by atoms with Crippen LogP contribution in [0.15, 0.2) is 47.1 Å². The van der Waals surface area contributed by atoms with Gasteiger partial charge in [0.2, 0.25) is 5.91 Å². The second kappa shape index (κ2) is 7.72. The van der Waals surface area contributed by atoms with E-state index >= 15 is 0 Å². The van der Waals surface area contributed by atoms with Crippen molar-refractivity contribution >= 4 is 29.4 Å². The standard InChI is InChI=1S/C21H20N2O5/c24-19-13-28-18-5-3-15(12-17(18)22-19)21(26)14-7-9-23(10-8-14)20(25)6-4-16-2-1-11-27-16/h1-6,11-12,14H,7-10,13H2,(H,22,24)/b6-4+. The van der Waals surface area contributed by atoms with Crippen molar-refractivity contribution in [1.82, 2.24) is 4.90 Å². The fraction of sp³-hybridized carbons (Fsp3) is 0.286. The van der Waals surface area contributed by atoms with Crippen LogP contribution in [0.4, 0.5) is 5.69 Å². The molecule has 0 bridgehead atoms. The van der Waals surface area contributed by atoms with Gasteiger partial charge in [0, 0.05) is 30.6 Å². The highest BCUT2D eigenvalue weighted by atomic mass is 16.5. The number of ether oxygens (including phenoxy) is 1. The summed E-state index contributed by atoms with van der Waals surface area (Å²) in [5.74, 6) is 0.765. The van der Waals surface area contributed by atoms with E-state index in [0.29, 0.717) is 48.7 Å². The number of rotatable bonds is 4. The molecule has 1 aromatic carbocycles. The van der Waals surface area contributed by atoms with Gasteiger partial charge in [-0.05, 0) is 49.2 Å². The summed E-state index contributed by atoms with van der Waals surface area (Å²) >= 11 is 0. The van der Waals surface area contributed by atoms with E-state index in [0.717, 1.165) is 0 Å². The van der Waals surface area contributed by atoms with Crippen molar-refractivity contribution in [3.05, 3.63) is 54.0 Å². The molecule has 0 unspecified atom stereocenters. The molecule has 2 aliphatic heterocycles. The lowest BCUT2D eigenvalue weighted by molar-refractivity contribution is -0.127. The SMILES string of the molecule is O=C1COc2ccc(C(=O)C3CCN(C(=O)/C=C/c4ccco4)CC3)cc2N1. The summed E-state index contributed by atoms with van der Waals surface area (Å²) in [7, 11) is 0. The lowest BCUT2D eigenvalue weighted by Crippen LogP contribution is -2.39. The molecule has 3 heterocycles. The average Bonchev–Trinajstić information content (AvgIpc) is 3.24. The predicted molar refractivity (Wildman–Crippen MR) is 102 cm³/mol. The number of carbonyl (C=O) groups excluding carboxylic acids is 3. The normalized spacial score (nSPS) is 17.1. The largest absolute Gasteiger partial charge is 0.482 e. The number of amides is 2. The fourth-order valence-electron chi connectivity index (χ4n) is 3.48. The van der Waals surface area contributed by atoms with Gasteiger partial charge < -0.3 is 19.4 Å². The molecular weight excluding hydrogens is 360 g/mol. The average molecular weight is 380 g/mol. The van der Waals surface area contributed by atoms with E-state index in [9.17, 15) is 14.4 Å². The predicted octanol–water partition coefficient (Wildman–Crippen LogP) is 2.75. The number of piperidine rings is 1. The lowest BCUT2D eigenvalue weighted by atomic mass is 9.88. The first kappa shape index (κ1) is 18.0. The van der Waals surface area contributed by atoms with Gasteiger partial charge in [-0.2, -0.15) is 0 Å². The number of likely N-dealkylation sites (tertiary alicyclic amines) is 1. The molecule has 28 heavy (non-hydrogen) atoms. The Morgan fingerprint density at radius 3 is 2.75 bits per heavy atom. The molecule has 0 saturated carbocycles. The van der Waals surface area contributed by atoms with Crippen LogP contribution in [0.1, 0.15) is 29.0 Å². The van der Waals surface area contributed by atoms with Crippen LogP contribution in [0, 0.1) is 5.92 Å². The zero-order valence-corrected chi connectivity index (χ0v) is 15.2. The molecule has 1 saturated heterocycles. The maximum atomic E-state index is 12.8. The molecule has 0 spiro atoms. The smallest absolute Gasteiger partial charge is 0.262 e. The summed E-state index contributed by atoms with van der Waals surface area (Å²) in [6, 6.07) is 8.64. The second-order valence-corrected chi connectivity index (χ2v) is 6.86. The topological polar surface area (TPSA) is 88.9 Å². The molecule has 2 aliphatic rings. The van der Waals surface area contributed by atoms with Crippen LogP contribution in [-0.2, 0) is 9.59 Å². The number of hydrogen-bond acceptors (Lipinski definition) is 5. The lowest BCUT2D eigenvalue weighted by Gasteiger charge is -2.30. The molecule has 7 heteroatoms. The van der Waals surface area contributed by atoms with Crippen LogP contribution in [-0.4, -0.2) is 42.2 Å². The third-order valence-electron chi connectivity index (χ3n) is 5.01. The van der Waals surface area contributed by atoms with Gasteiger partial charge in [0.25, 0.3) is 5.91 Å². The number of hydrogen-bond donors (Lipinski definition) is 1. The molecule has 2 amide bonds. The Labute approximate surface area is 162 Å². The summed E-state index contributed by atoms with van der Waals surface area (Å²) in [5, 5.41) is 2.72. The Balaban J connectivity index is 1.36. The Bertz CT molecular complexity index is 924. The molecule has 1 fully saturated rings. The van der Waals surface area contributed by atoms with Crippen molar-refractivity contribution in [3.8, 4) is 5.75 Å². The fourth-order valence-corrected chi connectivity index (χ4v) is 3.48. The van der Waals surface area contributed by atoms with Crippen molar-refractivity contribution in [2.45, 2.75) is 12.8 Å². The van der Waals surface area contributed by atoms with E-state index in [2.05, 4.69) is 5.32 Å². The van der Waals surface area contributed by atoms with E-state index in [4.69, 9.17) is 9.15 Å². The number of fused-ring (bicyclic) bond motifs is 1. The maximum Gasteiger partial charge on any atom is 0.262 e. The Hall–Kier alpha value is -3.35. The zero-order chi connectivity index (χ0) is 19.5. The van der Waals surface area contributed by atoms with Crippen LogP contribution in [0.5, 0.6) is 5.75 Å². The quantitative estimate of drug-likeness (QED) is 0.651. The van der Waals surface area contributed by atoms with E-state index in [1.165, 1.54) is 6.08 Å². The molecule has 144 valence electrons. The van der Waals surface area contributed by atoms with Crippen LogP contribution in [0.25, 0.3) is 6.08 Å². The third kappa shape index (κ3) is 3.83. The summed E-state index contributed by atoms with van der Waals surface area (Å²) in [4.78, 5) is 38.3. The van der Waals surface area contributed by atoms with Crippen LogP contribution >= 0.6 is 0 Å². The van der Waals surface area contributed by atoms with Crippen LogP contribution in [0.2, 0.25) is 0 Å². The Kier molecular flexibility index (Phi) is 4.97. The summed E-state index contributed by atoms with van der Waals surface area (Å²) < 4.78 is 10.5. The number of nitrogens with one attached hydrogen (secondary N) is 1. The third-order valence-corrected chi connectivity index (χ3v) is 5.01. The van der Waals surface area contributed by atoms with E-state index < -0.39 is 0 Å². The van der Waals surface area contributed by atoms with Crippen LogP contribution < -0.4 is 10.1 Å². The second-order valence-electron chi connectivity index (χ2n) is 6.86. The summed E-state index contributed by atoms with van der Waals surface area (Å²) in [6.07, 6.45) is 5.91. The van der Waals surface area contributed by atoms with Crippen molar-refractivity contribution in [2.75, 3.05) is 25.0 Å². The minimum Gasteiger partial charge on any atom is -0.482 e. The molecular formula is C21H20N2O5. The number of furan rings is 1. The van der Waals surface area contributed by atoms with Gasteiger partial charge in [-0.3, -0.25) is 14.4 Å². The van der Waals surface area contributed by atoms with Crippen molar-refractivity contribution < 1.29 is 23.5 Å². The zero-order valence-electron chi connectivity index (χ0n) is 15.2. The van der Waals surface area contributed by atoms with Crippen molar-refractivity contribution in [2.24, 2.45) is 5.92 Å². The Morgan fingerprint density at radius 2 is 2.00 bits per heavy atom. The molecule has 0 aliphatic carbocycles. The van der Waals surface area contributed by atoms with Gasteiger partial charge in [-0.25, -0.2) is 0 Å². The van der Waals surface area contributed by atoms with Gasteiger partial charge in [-0.1, -0.05) is 0 Å². The van der Waals surface area contributed by atoms with Crippen molar-refractivity contribution in [1.29, 1.82) is 0 Å². The molecule has 1 aromatic heterocycles. The number of carbonyl (C=O) groups is 3. The first-order valence-electron chi connectivity index (χ1n) is 9.21. The number of nitrogens with zero attached hydrogens (tertiary/aromatic N) is 1. The summed E-state index contributed by atoms with van der Waals surface area (Å²) in [5.41, 5.74) is 1.07.